The maximum atomic E-state index is 12.6. The lowest BCUT2D eigenvalue weighted by molar-refractivity contribution is -0.225. The number of hydrogen-bond acceptors (Lipinski definition) is 2. The van der Waals surface area contributed by atoms with Crippen LogP contribution in [0, 0.1) is 0 Å². The van der Waals surface area contributed by atoms with E-state index in [1.807, 2.05) is 0 Å². The Labute approximate surface area is 99.8 Å². The van der Waals surface area contributed by atoms with Gasteiger partial charge in [-0.1, -0.05) is 23.7 Å². The van der Waals surface area contributed by atoms with E-state index in [1.165, 1.54) is 18.2 Å². The highest BCUT2D eigenvalue weighted by Crippen LogP contribution is 2.36. The van der Waals surface area contributed by atoms with Crippen LogP contribution in [0.5, 0.6) is 0 Å². The molecule has 0 spiro atoms. The average molecular weight is 269 g/mol. The summed E-state index contributed by atoms with van der Waals surface area (Å²) in [7, 11) is 0. The van der Waals surface area contributed by atoms with Gasteiger partial charge >= 0.3 is 12.1 Å². The van der Waals surface area contributed by atoms with Crippen LogP contribution in [0.1, 0.15) is 11.7 Å². The fourth-order valence-electron chi connectivity index (χ4n) is 1.20. The van der Waals surface area contributed by atoms with E-state index >= 15 is 0 Å². The quantitative estimate of drug-likeness (QED) is 0.913. The summed E-state index contributed by atoms with van der Waals surface area (Å²) in [4.78, 5) is 10.2. The number of alkyl halides is 3. The second-order valence-corrected chi connectivity index (χ2v) is 3.62. The molecule has 0 saturated carbocycles. The van der Waals surface area contributed by atoms with Crippen LogP contribution in [0.4, 0.5) is 13.2 Å². The molecule has 0 amide bonds. The second-order valence-electron chi connectivity index (χ2n) is 3.18. The zero-order valence-electron chi connectivity index (χ0n) is 8.37. The van der Waals surface area contributed by atoms with Crippen molar-refractivity contribution in [2.24, 2.45) is 0 Å². The summed E-state index contributed by atoms with van der Waals surface area (Å²) in [6, 6.07) is 5.00. The smallest absolute Gasteiger partial charge is 0.418 e. The van der Waals surface area contributed by atoms with Crippen LogP contribution < -0.4 is 0 Å². The van der Waals surface area contributed by atoms with Gasteiger partial charge in [0.25, 0.3) is 0 Å². The number of aliphatic carboxylic acids is 1. The molecule has 94 valence electrons. The molecule has 0 saturated heterocycles. The van der Waals surface area contributed by atoms with Crippen molar-refractivity contribution in [3.05, 3.63) is 34.9 Å². The molecule has 0 unspecified atom stereocenters. The van der Waals surface area contributed by atoms with Crippen molar-refractivity contribution in [2.75, 3.05) is 6.61 Å². The standard InChI is InChI=1S/C10H8ClF3O3/c11-7-3-1-2-6(4-7)9(10(12,13)14)17-5-8(15)16/h1-4,9H,5H2,(H,15,16)/t9-/m0/s1. The average Bonchev–Trinajstić information content (AvgIpc) is 2.15. The van der Waals surface area contributed by atoms with Crippen LogP contribution in [0.2, 0.25) is 5.02 Å². The first kappa shape index (κ1) is 13.8. The van der Waals surface area contributed by atoms with Crippen molar-refractivity contribution in [3.63, 3.8) is 0 Å². The number of ether oxygens (including phenoxy) is 1. The van der Waals surface area contributed by atoms with Gasteiger partial charge in [-0.05, 0) is 17.7 Å². The maximum Gasteiger partial charge on any atom is 0.418 e. The summed E-state index contributed by atoms with van der Waals surface area (Å²) in [5, 5.41) is 8.43. The van der Waals surface area contributed by atoms with E-state index in [9.17, 15) is 18.0 Å². The monoisotopic (exact) mass is 268 g/mol. The minimum Gasteiger partial charge on any atom is -0.480 e. The summed E-state index contributed by atoms with van der Waals surface area (Å²) in [6.07, 6.45) is -6.99. The van der Waals surface area contributed by atoms with Crippen molar-refractivity contribution < 1.29 is 27.8 Å². The van der Waals surface area contributed by atoms with Gasteiger partial charge in [0.15, 0.2) is 6.10 Å². The van der Waals surface area contributed by atoms with Crippen molar-refractivity contribution in [1.82, 2.24) is 0 Å². The predicted molar refractivity (Wildman–Crippen MR) is 53.8 cm³/mol. The Morgan fingerprint density at radius 1 is 1.47 bits per heavy atom. The number of hydrogen-bond donors (Lipinski definition) is 1. The fourth-order valence-corrected chi connectivity index (χ4v) is 1.40. The van der Waals surface area contributed by atoms with E-state index in [1.54, 1.807) is 0 Å². The first-order valence-corrected chi connectivity index (χ1v) is 4.84. The lowest BCUT2D eigenvalue weighted by atomic mass is 10.1. The van der Waals surface area contributed by atoms with Gasteiger partial charge in [0.2, 0.25) is 0 Å². The Kier molecular flexibility index (Phi) is 4.36. The molecule has 7 heteroatoms. The van der Waals surface area contributed by atoms with Gasteiger partial charge in [0.1, 0.15) is 6.61 Å². The zero-order valence-corrected chi connectivity index (χ0v) is 9.13. The Morgan fingerprint density at radius 2 is 2.12 bits per heavy atom. The van der Waals surface area contributed by atoms with Crippen LogP contribution >= 0.6 is 11.6 Å². The van der Waals surface area contributed by atoms with Gasteiger partial charge in [0, 0.05) is 5.02 Å². The van der Waals surface area contributed by atoms with Crippen LogP contribution in [0.15, 0.2) is 24.3 Å². The van der Waals surface area contributed by atoms with Gasteiger partial charge < -0.3 is 9.84 Å². The first-order valence-electron chi connectivity index (χ1n) is 4.46. The number of benzene rings is 1. The molecule has 1 aromatic rings. The first-order chi connectivity index (χ1) is 7.80. The molecular formula is C10H8ClF3O3. The van der Waals surface area contributed by atoms with E-state index in [4.69, 9.17) is 16.7 Å². The van der Waals surface area contributed by atoms with Gasteiger partial charge in [-0.3, -0.25) is 0 Å². The second kappa shape index (κ2) is 5.37. The minimum absolute atomic E-state index is 0.121. The molecule has 1 N–H and O–H groups in total. The number of carboxylic acid groups (broad SMARTS) is 1. The Morgan fingerprint density at radius 3 is 2.59 bits per heavy atom. The summed E-state index contributed by atoms with van der Waals surface area (Å²) >= 11 is 5.56. The molecule has 0 fully saturated rings. The minimum atomic E-state index is -4.69. The van der Waals surface area contributed by atoms with E-state index in [2.05, 4.69) is 4.74 Å². The maximum absolute atomic E-state index is 12.6. The Bertz CT molecular complexity index is 406. The third kappa shape index (κ3) is 4.24. The van der Waals surface area contributed by atoms with Gasteiger partial charge in [-0.25, -0.2) is 4.79 Å². The molecule has 1 aromatic carbocycles. The van der Waals surface area contributed by atoms with Gasteiger partial charge in [0.05, 0.1) is 0 Å². The predicted octanol–water partition coefficient (Wildman–Crippen LogP) is 3.04. The lowest BCUT2D eigenvalue weighted by Gasteiger charge is -2.20. The molecule has 0 aliphatic heterocycles. The number of halogens is 4. The third-order valence-corrected chi connectivity index (χ3v) is 2.06. The van der Waals surface area contributed by atoms with Crippen LogP contribution in [0.3, 0.4) is 0 Å². The van der Waals surface area contributed by atoms with Crippen molar-refractivity contribution in [1.29, 1.82) is 0 Å². The van der Waals surface area contributed by atoms with Crippen LogP contribution in [0.25, 0.3) is 0 Å². The molecule has 0 aliphatic carbocycles. The van der Waals surface area contributed by atoms with E-state index in [0.29, 0.717) is 0 Å². The highest BCUT2D eigenvalue weighted by atomic mass is 35.5. The van der Waals surface area contributed by atoms with E-state index in [0.717, 1.165) is 6.07 Å². The summed E-state index contributed by atoms with van der Waals surface area (Å²) < 4.78 is 42.2. The molecule has 17 heavy (non-hydrogen) atoms. The molecule has 0 radical (unpaired) electrons. The van der Waals surface area contributed by atoms with Crippen molar-refractivity contribution >= 4 is 17.6 Å². The van der Waals surface area contributed by atoms with E-state index < -0.39 is 24.9 Å². The topological polar surface area (TPSA) is 46.5 Å². The summed E-state index contributed by atoms with van der Waals surface area (Å²) in [6.45, 7) is -1.03. The molecule has 1 atom stereocenters. The molecule has 1 rings (SSSR count). The SMILES string of the molecule is O=C(O)CO[C@@H](c1cccc(Cl)c1)C(F)(F)F. The molecule has 0 aromatic heterocycles. The van der Waals surface area contributed by atoms with Crippen LogP contribution in [-0.4, -0.2) is 23.9 Å². The highest BCUT2D eigenvalue weighted by Gasteiger charge is 2.42. The molecular weight excluding hydrogens is 261 g/mol. The normalized spacial score (nSPS) is 13.4. The lowest BCUT2D eigenvalue weighted by Crippen LogP contribution is -2.25. The Balaban J connectivity index is 2.94. The molecule has 0 heterocycles. The number of carboxylic acids is 1. The van der Waals surface area contributed by atoms with Crippen LogP contribution in [-0.2, 0) is 9.53 Å². The van der Waals surface area contributed by atoms with E-state index in [-0.39, 0.29) is 10.6 Å². The molecule has 0 aliphatic rings. The molecule has 0 bridgehead atoms. The third-order valence-electron chi connectivity index (χ3n) is 1.82. The van der Waals surface area contributed by atoms with Crippen molar-refractivity contribution in [2.45, 2.75) is 12.3 Å². The fraction of sp³-hybridized carbons (Fsp3) is 0.300. The molecule has 3 nitrogen and oxygen atoms in total. The van der Waals surface area contributed by atoms with Gasteiger partial charge in [-0.15, -0.1) is 0 Å². The number of carbonyl (C=O) groups is 1. The largest absolute Gasteiger partial charge is 0.480 e. The Hall–Kier alpha value is -1.27. The number of rotatable bonds is 4. The van der Waals surface area contributed by atoms with Gasteiger partial charge in [-0.2, -0.15) is 13.2 Å². The highest BCUT2D eigenvalue weighted by molar-refractivity contribution is 6.30. The van der Waals surface area contributed by atoms with Crippen molar-refractivity contribution in [3.8, 4) is 0 Å². The summed E-state index contributed by atoms with van der Waals surface area (Å²) in [5.41, 5.74) is -0.230. The summed E-state index contributed by atoms with van der Waals surface area (Å²) in [5.74, 6) is -1.47. The zero-order chi connectivity index (χ0) is 13.1.